The van der Waals surface area contributed by atoms with Gasteiger partial charge in [0.2, 0.25) is 23.6 Å². The molecule has 0 aromatic heterocycles. The predicted molar refractivity (Wildman–Crippen MR) is 504 cm³/mol. The molecule has 682 valence electrons. The van der Waals surface area contributed by atoms with Gasteiger partial charge in [0.15, 0.2) is 0 Å². The van der Waals surface area contributed by atoms with Crippen molar-refractivity contribution in [1.82, 2.24) is 42.1 Å². The number of nitrogens with two attached hydrogens (primary N) is 2. The summed E-state index contributed by atoms with van der Waals surface area (Å²) in [7, 11) is 0. The molecule has 0 aliphatic rings. The summed E-state index contributed by atoms with van der Waals surface area (Å²) in [4.78, 5) is 50.5. The van der Waals surface area contributed by atoms with E-state index in [1.807, 2.05) is 0 Å². The molecule has 0 spiro atoms. The van der Waals surface area contributed by atoms with E-state index in [0.29, 0.717) is 32.2 Å². The van der Waals surface area contributed by atoms with Crippen LogP contribution in [0.25, 0.3) is 0 Å². The number of nitrogens with one attached hydrogen (secondary N) is 7. The van der Waals surface area contributed by atoms with Gasteiger partial charge in [-0.05, 0) is 129 Å². The summed E-state index contributed by atoms with van der Waals surface area (Å²) in [6.45, 7) is 25.1. The summed E-state index contributed by atoms with van der Waals surface area (Å²) in [5, 5.41) is 22.9. The Balaban J connectivity index is -0.00000172. The highest BCUT2D eigenvalue weighted by Gasteiger charge is 2.10. The molecule has 114 heavy (non-hydrogen) atoms. The third kappa shape index (κ3) is 110. The van der Waals surface area contributed by atoms with E-state index < -0.39 is 0 Å². The zero-order valence-corrected chi connectivity index (χ0v) is 78.1. The average Bonchev–Trinajstić information content (AvgIpc) is 0.995. The van der Waals surface area contributed by atoms with Crippen molar-refractivity contribution in [2.75, 3.05) is 98.2 Å². The molecule has 14 nitrogen and oxygen atoms in total. The number of carbonyl (C=O) groups is 4. The van der Waals surface area contributed by atoms with Gasteiger partial charge in [0.05, 0.1) is 0 Å². The van der Waals surface area contributed by atoms with Gasteiger partial charge in [-0.3, -0.25) is 19.2 Å². The molecule has 11 N–H and O–H groups in total. The highest BCUT2D eigenvalue weighted by atomic mass is 16.2. The maximum absolute atomic E-state index is 12.1. The van der Waals surface area contributed by atoms with Gasteiger partial charge < -0.3 is 53.6 Å². The number of hydrogen-bond acceptors (Lipinski definition) is 10. The molecule has 14 heteroatoms. The van der Waals surface area contributed by atoms with Gasteiger partial charge >= 0.3 is 0 Å². The van der Waals surface area contributed by atoms with Crippen LogP contribution in [0.3, 0.4) is 0 Å². The molecular weight excluding hydrogens is 1410 g/mol. The second-order valence-corrected chi connectivity index (χ2v) is 34.8. The summed E-state index contributed by atoms with van der Waals surface area (Å²) in [5.74, 6) is 0.860. The predicted octanol–water partition coefficient (Wildman–Crippen LogP) is 26.2. The highest BCUT2D eigenvalue weighted by Crippen LogP contribution is 2.18. The van der Waals surface area contributed by atoms with Gasteiger partial charge in [-0.15, -0.1) is 0 Å². The van der Waals surface area contributed by atoms with Crippen LogP contribution in [0.15, 0.2) is 0 Å². The van der Waals surface area contributed by atoms with E-state index in [-0.39, 0.29) is 23.6 Å². The maximum Gasteiger partial charge on any atom is 0.221 e. The Morgan fingerprint density at radius 3 is 0.623 bits per heavy atom. The van der Waals surface area contributed by atoms with Crippen LogP contribution < -0.4 is 48.7 Å². The molecule has 0 aromatic carbocycles. The van der Waals surface area contributed by atoms with Crippen molar-refractivity contribution < 1.29 is 19.2 Å². The van der Waals surface area contributed by atoms with Crippen molar-refractivity contribution in [3.05, 3.63) is 0 Å². The minimum atomic E-state index is 0.187. The first-order valence-corrected chi connectivity index (χ1v) is 51.6. The number of nitrogens with zero attached hydrogens (tertiary/aromatic N) is 1. The van der Waals surface area contributed by atoms with Crippen LogP contribution >= 0.6 is 0 Å². The number of amides is 4. The lowest BCUT2D eigenvalue weighted by Crippen LogP contribution is -2.35. The van der Waals surface area contributed by atoms with E-state index in [2.05, 4.69) is 76.7 Å². The van der Waals surface area contributed by atoms with E-state index in [1.54, 1.807) is 0 Å². The largest absolute Gasteiger partial charge is 0.356 e. The lowest BCUT2D eigenvalue weighted by atomic mass is 10.0. The minimum absolute atomic E-state index is 0.187. The molecule has 0 fully saturated rings. The number of rotatable bonds is 96. The van der Waals surface area contributed by atoms with Crippen LogP contribution in [0.4, 0.5) is 0 Å². The first-order valence-electron chi connectivity index (χ1n) is 51.6. The fourth-order valence-corrected chi connectivity index (χ4v) is 15.3. The molecule has 0 aliphatic heterocycles. The Morgan fingerprint density at radius 2 is 0.368 bits per heavy atom. The van der Waals surface area contributed by atoms with Crippen molar-refractivity contribution in [3.63, 3.8) is 0 Å². The summed E-state index contributed by atoms with van der Waals surface area (Å²) < 4.78 is 0. The van der Waals surface area contributed by atoms with Crippen LogP contribution in [0, 0.1) is 0 Å². The van der Waals surface area contributed by atoms with Crippen molar-refractivity contribution in [3.8, 4) is 0 Å². The van der Waals surface area contributed by atoms with E-state index in [9.17, 15) is 19.2 Å². The molecule has 0 bridgehead atoms. The van der Waals surface area contributed by atoms with Crippen LogP contribution in [-0.4, -0.2) is 127 Å². The third-order valence-electron chi connectivity index (χ3n) is 23.1. The lowest BCUT2D eigenvalue weighted by Gasteiger charge is -2.21. The van der Waals surface area contributed by atoms with Crippen LogP contribution in [-0.2, 0) is 19.2 Å². The Bertz CT molecular complexity index is 1740. The number of unbranched alkanes of at least 4 members (excludes halogenated alkanes) is 63. The molecule has 0 saturated carbocycles. The Morgan fingerprint density at radius 1 is 0.175 bits per heavy atom. The molecule has 0 aliphatic carbocycles. The van der Waals surface area contributed by atoms with Crippen LogP contribution in [0.5, 0.6) is 0 Å². The van der Waals surface area contributed by atoms with Gasteiger partial charge in [0.25, 0.3) is 0 Å². The van der Waals surface area contributed by atoms with Crippen LogP contribution in [0.2, 0.25) is 0 Å². The summed E-state index contributed by atoms with van der Waals surface area (Å²) in [6, 6.07) is 0. The summed E-state index contributed by atoms with van der Waals surface area (Å²) in [5.41, 5.74) is 11.2. The van der Waals surface area contributed by atoms with E-state index in [0.717, 1.165) is 162 Å². The first-order chi connectivity index (χ1) is 56.2. The van der Waals surface area contributed by atoms with E-state index in [1.165, 1.54) is 392 Å². The average molecular weight is 1610 g/mol. The molecule has 0 aromatic rings. The molecule has 0 atom stereocenters. The molecule has 0 unspecified atom stereocenters. The maximum atomic E-state index is 12.1. The zero-order valence-electron chi connectivity index (χ0n) is 78.1. The van der Waals surface area contributed by atoms with Gasteiger partial charge in [-0.1, -0.05) is 413 Å². The van der Waals surface area contributed by atoms with Gasteiger partial charge in [0.1, 0.15) is 0 Å². The van der Waals surface area contributed by atoms with Crippen LogP contribution in [0.1, 0.15) is 523 Å². The molecule has 0 radical (unpaired) electrons. The first kappa shape index (κ1) is 116. The monoisotopic (exact) mass is 1610 g/mol. The molecule has 0 heterocycles. The Kier molecular flexibility index (Phi) is 110. The van der Waals surface area contributed by atoms with Gasteiger partial charge in [-0.2, -0.15) is 0 Å². The van der Waals surface area contributed by atoms with E-state index in [4.69, 9.17) is 11.5 Å². The summed E-state index contributed by atoms with van der Waals surface area (Å²) in [6.07, 6.45) is 98.1. The summed E-state index contributed by atoms with van der Waals surface area (Å²) >= 11 is 0. The number of carbonyl (C=O) groups excluding carboxylic acids is 4. The normalized spacial score (nSPS) is 11.3. The molecular formula is C100H208N10O4. The van der Waals surface area contributed by atoms with Crippen molar-refractivity contribution in [2.24, 2.45) is 11.5 Å². The van der Waals surface area contributed by atoms with Crippen molar-refractivity contribution >= 4 is 23.6 Å². The molecule has 0 rings (SSSR count). The van der Waals surface area contributed by atoms with Crippen molar-refractivity contribution in [1.29, 1.82) is 0 Å². The van der Waals surface area contributed by atoms with E-state index >= 15 is 0 Å². The number of hydrogen-bond donors (Lipinski definition) is 9. The van der Waals surface area contributed by atoms with Gasteiger partial charge in [-0.25, -0.2) is 0 Å². The fourth-order valence-electron chi connectivity index (χ4n) is 15.3. The quantitative estimate of drug-likeness (QED) is 0.0263. The smallest absolute Gasteiger partial charge is 0.221 e. The second-order valence-electron chi connectivity index (χ2n) is 34.8. The SMILES string of the molecule is CCCCCCCCCCCCCCCCNC(=O)CCCCCNCCCCCN.CCCCCCCCCCCCCCCCNC(=O)CCCCCNCCCCCNCCC(=O)NCCCCCCCCCCCCCCCC.CCCCCCCCCCCCCCCCNC(=O)CCN(CCN)CCCCCC. The lowest BCUT2D eigenvalue weighted by molar-refractivity contribution is -0.122. The highest BCUT2D eigenvalue weighted by molar-refractivity contribution is 5.77. The zero-order chi connectivity index (χ0) is 83.2. The minimum Gasteiger partial charge on any atom is -0.356 e. The Hall–Kier alpha value is -2.36. The third-order valence-corrected chi connectivity index (χ3v) is 23.1. The fraction of sp³-hybridized carbons (Fsp3) is 0.960. The van der Waals surface area contributed by atoms with Gasteiger partial charge in [0, 0.05) is 78.0 Å². The van der Waals surface area contributed by atoms with Crippen molar-refractivity contribution in [2.45, 2.75) is 523 Å². The molecule has 4 amide bonds. The standard InChI is InChI=1S/C46H94N4O2.2C27H57N3O/c1-3-5-7-9-11-13-15-17-19-21-23-25-27-35-42-49-45(51)37-31-29-32-39-47-40-33-30-34-41-48-44-38-46(52)50-43-36-28-26-24-22-20-18-16-14-12-10-8-6-4-2;1-3-5-7-9-10-11-12-13-14-15-16-17-18-19-23-29-27(31)21-25-30(26-22-28)24-20-8-6-4-2;1-2-3-4-5-6-7-8-9-10-11-12-13-14-21-26-30-27(31)22-17-15-19-24-29-25-20-16-18-23-28/h47-48H,3-44H2,1-2H3,(H,49,51)(H,50,52);3-26,28H2,1-2H3,(H,29,31);29H,2-26,28H2,1H3,(H,30,31). The Labute approximate surface area is 713 Å². The topological polar surface area (TPSA) is 208 Å². The molecule has 0 saturated heterocycles. The second kappa shape index (κ2) is 109.